The van der Waals surface area contributed by atoms with Crippen LogP contribution in [-0.2, 0) is 9.59 Å². The zero-order valence-corrected chi connectivity index (χ0v) is 10.1. The maximum atomic E-state index is 12.1. The third-order valence-corrected chi connectivity index (χ3v) is 3.82. The average Bonchev–Trinajstić information content (AvgIpc) is 2.75. The van der Waals surface area contributed by atoms with Crippen molar-refractivity contribution >= 4 is 11.8 Å². The van der Waals surface area contributed by atoms with Gasteiger partial charge in [-0.25, -0.2) is 0 Å². The quantitative estimate of drug-likeness (QED) is 0.606. The van der Waals surface area contributed by atoms with Gasteiger partial charge in [0.25, 0.3) is 0 Å². The lowest BCUT2D eigenvalue weighted by Gasteiger charge is -2.37. The Bertz CT molecular complexity index is 311. The van der Waals surface area contributed by atoms with Gasteiger partial charge in [-0.1, -0.05) is 12.8 Å². The smallest absolute Gasteiger partial charge is 0.246 e. The van der Waals surface area contributed by atoms with E-state index in [1.807, 2.05) is 0 Å². The van der Waals surface area contributed by atoms with Crippen LogP contribution in [0.4, 0.5) is 0 Å². The lowest BCUT2D eigenvalue weighted by molar-refractivity contribution is -0.141. The maximum Gasteiger partial charge on any atom is 0.246 e. The summed E-state index contributed by atoms with van der Waals surface area (Å²) in [4.78, 5) is 24.0. The Labute approximate surface area is 102 Å². The van der Waals surface area contributed by atoms with E-state index in [1.165, 1.54) is 0 Å². The van der Waals surface area contributed by atoms with E-state index < -0.39 is 5.54 Å². The Kier molecular flexibility index (Phi) is 3.66. The molecule has 1 heterocycles. The number of unbranched alkanes of at least 4 members (excludes halogenated alkanes) is 1. The van der Waals surface area contributed by atoms with Crippen LogP contribution in [0.25, 0.3) is 0 Å². The van der Waals surface area contributed by atoms with Gasteiger partial charge in [-0.15, -0.1) is 0 Å². The van der Waals surface area contributed by atoms with Crippen molar-refractivity contribution in [3.63, 3.8) is 0 Å². The summed E-state index contributed by atoms with van der Waals surface area (Å²) in [6, 6.07) is -0.361. The predicted octanol–water partition coefficient (Wildman–Crippen LogP) is 0.0428. The van der Waals surface area contributed by atoms with Gasteiger partial charge in [-0.3, -0.25) is 9.59 Å². The van der Waals surface area contributed by atoms with Crippen LogP contribution in [0, 0.1) is 0 Å². The van der Waals surface area contributed by atoms with Crippen LogP contribution in [-0.4, -0.2) is 29.9 Å². The summed E-state index contributed by atoms with van der Waals surface area (Å²) >= 11 is 0. The topological polar surface area (TPSA) is 84.2 Å². The molecule has 2 amide bonds. The third-order valence-electron chi connectivity index (χ3n) is 3.82. The number of nitrogens with two attached hydrogens (primary N) is 1. The zero-order valence-electron chi connectivity index (χ0n) is 10.1. The molecule has 5 heteroatoms. The van der Waals surface area contributed by atoms with Crippen molar-refractivity contribution in [3.8, 4) is 0 Å². The van der Waals surface area contributed by atoms with Crippen molar-refractivity contribution in [2.75, 3.05) is 6.54 Å². The molecule has 4 N–H and O–H groups in total. The molecule has 96 valence electrons. The third kappa shape index (κ3) is 2.44. The van der Waals surface area contributed by atoms with Crippen LogP contribution in [0.1, 0.15) is 44.9 Å². The first-order valence-corrected chi connectivity index (χ1v) is 6.51. The van der Waals surface area contributed by atoms with Gasteiger partial charge in [0.2, 0.25) is 11.8 Å². The minimum atomic E-state index is -0.596. The summed E-state index contributed by atoms with van der Waals surface area (Å²) in [5.74, 6) is -0.0177. The number of carbonyl (C=O) groups is 2. The number of rotatable bonds is 4. The highest BCUT2D eigenvalue weighted by Crippen LogP contribution is 2.31. The number of hydrogen-bond donors (Lipinski definition) is 3. The molecule has 5 nitrogen and oxygen atoms in total. The molecule has 2 rings (SSSR count). The molecular weight excluding hydrogens is 218 g/mol. The van der Waals surface area contributed by atoms with E-state index in [9.17, 15) is 9.59 Å². The summed E-state index contributed by atoms with van der Waals surface area (Å²) in [7, 11) is 0. The standard InChI is InChI=1S/C12H21N3O2/c13-8-4-1-5-9-10(16)15-12(11(17)14-9)6-2-3-7-12/h9H,1-8,13H2,(H,14,17)(H,15,16). The molecule has 1 aliphatic carbocycles. The Balaban J connectivity index is 1.93. The van der Waals surface area contributed by atoms with Gasteiger partial charge in [0, 0.05) is 0 Å². The largest absolute Gasteiger partial charge is 0.342 e. The highest BCUT2D eigenvalue weighted by molar-refractivity contribution is 5.99. The van der Waals surface area contributed by atoms with Crippen LogP contribution < -0.4 is 16.4 Å². The van der Waals surface area contributed by atoms with E-state index in [0.29, 0.717) is 13.0 Å². The predicted molar refractivity (Wildman–Crippen MR) is 64.2 cm³/mol. The molecule has 0 aromatic carbocycles. The first-order valence-electron chi connectivity index (χ1n) is 6.51. The molecule has 0 aromatic heterocycles. The molecule has 2 aliphatic rings. The Morgan fingerprint density at radius 2 is 1.94 bits per heavy atom. The second-order valence-electron chi connectivity index (χ2n) is 5.09. The van der Waals surface area contributed by atoms with Gasteiger partial charge in [0.15, 0.2) is 0 Å². The zero-order chi connectivity index (χ0) is 12.3. The normalized spacial score (nSPS) is 27.0. The summed E-state index contributed by atoms with van der Waals surface area (Å²) in [5.41, 5.74) is 4.82. The molecule has 0 aromatic rings. The second kappa shape index (κ2) is 5.04. The fraction of sp³-hybridized carbons (Fsp3) is 0.833. The summed E-state index contributed by atoms with van der Waals surface area (Å²) in [5, 5.41) is 5.80. The van der Waals surface area contributed by atoms with E-state index in [0.717, 1.165) is 38.5 Å². The SMILES string of the molecule is NCCCCC1NC(=O)C2(CCCC2)NC1=O. The average molecular weight is 239 g/mol. The summed E-state index contributed by atoms with van der Waals surface area (Å²) < 4.78 is 0. The van der Waals surface area contributed by atoms with Crippen molar-refractivity contribution < 1.29 is 9.59 Å². The van der Waals surface area contributed by atoms with E-state index in [2.05, 4.69) is 10.6 Å². The van der Waals surface area contributed by atoms with Crippen LogP contribution in [0.5, 0.6) is 0 Å². The molecular formula is C12H21N3O2. The number of amides is 2. The number of carbonyl (C=O) groups excluding carboxylic acids is 2. The van der Waals surface area contributed by atoms with Gasteiger partial charge < -0.3 is 16.4 Å². The van der Waals surface area contributed by atoms with E-state index in [-0.39, 0.29) is 17.9 Å². The molecule has 1 unspecified atom stereocenters. The lowest BCUT2D eigenvalue weighted by atomic mass is 9.91. The molecule has 2 fully saturated rings. The summed E-state index contributed by atoms with van der Waals surface area (Å²) in [6.45, 7) is 0.631. The van der Waals surface area contributed by atoms with Crippen molar-refractivity contribution in [2.45, 2.75) is 56.5 Å². The number of nitrogens with one attached hydrogen (secondary N) is 2. The van der Waals surface area contributed by atoms with Crippen molar-refractivity contribution in [1.29, 1.82) is 0 Å². The first kappa shape index (κ1) is 12.4. The number of piperazine rings is 1. The minimum Gasteiger partial charge on any atom is -0.342 e. The molecule has 0 bridgehead atoms. The minimum absolute atomic E-state index is 0.00680. The highest BCUT2D eigenvalue weighted by Gasteiger charge is 2.47. The van der Waals surface area contributed by atoms with Crippen LogP contribution in [0.15, 0.2) is 0 Å². The lowest BCUT2D eigenvalue weighted by Crippen LogP contribution is -2.68. The first-order chi connectivity index (χ1) is 8.18. The van der Waals surface area contributed by atoms with Gasteiger partial charge in [0.05, 0.1) is 0 Å². The number of hydrogen-bond acceptors (Lipinski definition) is 3. The van der Waals surface area contributed by atoms with Crippen LogP contribution in [0.3, 0.4) is 0 Å². The van der Waals surface area contributed by atoms with E-state index in [4.69, 9.17) is 5.73 Å². The van der Waals surface area contributed by atoms with Crippen molar-refractivity contribution in [2.24, 2.45) is 5.73 Å². The van der Waals surface area contributed by atoms with Crippen molar-refractivity contribution in [3.05, 3.63) is 0 Å². The van der Waals surface area contributed by atoms with E-state index in [1.54, 1.807) is 0 Å². The molecule has 1 atom stereocenters. The van der Waals surface area contributed by atoms with Gasteiger partial charge in [0.1, 0.15) is 11.6 Å². The Morgan fingerprint density at radius 1 is 1.24 bits per heavy atom. The van der Waals surface area contributed by atoms with E-state index >= 15 is 0 Å². The van der Waals surface area contributed by atoms with Crippen molar-refractivity contribution in [1.82, 2.24) is 10.6 Å². The molecule has 1 spiro atoms. The van der Waals surface area contributed by atoms with Gasteiger partial charge >= 0.3 is 0 Å². The molecule has 1 saturated heterocycles. The molecule has 1 aliphatic heterocycles. The molecule has 1 saturated carbocycles. The maximum absolute atomic E-state index is 12.1. The second-order valence-corrected chi connectivity index (χ2v) is 5.09. The summed E-state index contributed by atoms with van der Waals surface area (Å²) in [6.07, 6.45) is 6.05. The van der Waals surface area contributed by atoms with Crippen LogP contribution in [0.2, 0.25) is 0 Å². The molecule has 0 radical (unpaired) electrons. The highest BCUT2D eigenvalue weighted by atomic mass is 16.2. The monoisotopic (exact) mass is 239 g/mol. The van der Waals surface area contributed by atoms with Gasteiger partial charge in [-0.2, -0.15) is 0 Å². The fourth-order valence-electron chi connectivity index (χ4n) is 2.77. The molecule has 17 heavy (non-hydrogen) atoms. The van der Waals surface area contributed by atoms with Gasteiger partial charge in [-0.05, 0) is 38.6 Å². The Hall–Kier alpha value is -1.10. The fourth-order valence-corrected chi connectivity index (χ4v) is 2.77. The Morgan fingerprint density at radius 3 is 2.59 bits per heavy atom. The van der Waals surface area contributed by atoms with Crippen LogP contribution >= 0.6 is 0 Å².